The first-order valence-corrected chi connectivity index (χ1v) is 7.76. The Labute approximate surface area is 128 Å². The van der Waals surface area contributed by atoms with Gasteiger partial charge in [-0.3, -0.25) is 9.36 Å². The molecule has 21 heavy (non-hydrogen) atoms. The third-order valence-electron chi connectivity index (χ3n) is 4.20. The minimum absolute atomic E-state index is 0.0119. The van der Waals surface area contributed by atoms with E-state index >= 15 is 0 Å². The number of benzene rings is 1. The van der Waals surface area contributed by atoms with E-state index in [1.54, 1.807) is 4.57 Å². The molecule has 0 bridgehead atoms. The van der Waals surface area contributed by atoms with Crippen LogP contribution in [0.15, 0.2) is 29.1 Å². The van der Waals surface area contributed by atoms with E-state index in [1.165, 1.54) is 0 Å². The lowest BCUT2D eigenvalue weighted by Crippen LogP contribution is -2.30. The molecule has 1 fully saturated rings. The van der Waals surface area contributed by atoms with Crippen LogP contribution in [0, 0.1) is 5.92 Å². The first-order chi connectivity index (χ1) is 10.1. The highest BCUT2D eigenvalue weighted by Gasteiger charge is 2.26. The van der Waals surface area contributed by atoms with Crippen LogP contribution < -0.4 is 5.56 Å². The Balaban J connectivity index is 2.12. The summed E-state index contributed by atoms with van der Waals surface area (Å²) in [7, 11) is 0. The van der Waals surface area contributed by atoms with Crippen LogP contribution in [-0.2, 0) is 11.3 Å². The van der Waals surface area contributed by atoms with Crippen LogP contribution in [0.2, 0.25) is 0 Å². The van der Waals surface area contributed by atoms with Crippen LogP contribution in [0.4, 0.5) is 0 Å². The summed E-state index contributed by atoms with van der Waals surface area (Å²) in [6.45, 7) is 5.28. The van der Waals surface area contributed by atoms with E-state index in [0.717, 1.165) is 13.0 Å². The molecule has 112 valence electrons. The molecular weight excluding hydrogens is 288 g/mol. The van der Waals surface area contributed by atoms with Gasteiger partial charge >= 0.3 is 0 Å². The molecule has 1 saturated heterocycles. The van der Waals surface area contributed by atoms with E-state index in [1.807, 2.05) is 31.2 Å². The molecule has 0 spiro atoms. The van der Waals surface area contributed by atoms with Gasteiger partial charge in [-0.2, -0.15) is 0 Å². The quantitative estimate of drug-likeness (QED) is 0.818. The van der Waals surface area contributed by atoms with Crippen molar-refractivity contribution in [1.29, 1.82) is 0 Å². The molecule has 1 aliphatic rings. The minimum Gasteiger partial charge on any atom is -0.378 e. The van der Waals surface area contributed by atoms with Gasteiger partial charge in [0, 0.05) is 19.1 Å². The molecule has 3 atom stereocenters. The minimum atomic E-state index is -0.306. The maximum Gasteiger partial charge on any atom is 0.261 e. The lowest BCUT2D eigenvalue weighted by molar-refractivity contribution is 0.101. The molecule has 3 rings (SSSR count). The number of alkyl halides is 1. The average Bonchev–Trinajstić information content (AvgIpc) is 2.87. The molecule has 0 radical (unpaired) electrons. The van der Waals surface area contributed by atoms with Crippen molar-refractivity contribution in [3.8, 4) is 0 Å². The molecule has 0 aliphatic carbocycles. The molecule has 2 heterocycles. The molecule has 3 unspecified atom stereocenters. The van der Waals surface area contributed by atoms with Crippen LogP contribution in [-0.4, -0.2) is 22.3 Å². The Kier molecular flexibility index (Phi) is 4.00. The van der Waals surface area contributed by atoms with E-state index < -0.39 is 0 Å². The molecular formula is C16H19ClN2O2. The first kappa shape index (κ1) is 14.5. The second kappa shape index (κ2) is 5.78. The predicted octanol–water partition coefficient (Wildman–Crippen LogP) is 3.12. The van der Waals surface area contributed by atoms with Crippen molar-refractivity contribution in [3.63, 3.8) is 0 Å². The highest BCUT2D eigenvalue weighted by molar-refractivity contribution is 6.20. The summed E-state index contributed by atoms with van der Waals surface area (Å²) < 4.78 is 7.33. The van der Waals surface area contributed by atoms with Gasteiger partial charge < -0.3 is 4.74 Å². The monoisotopic (exact) mass is 306 g/mol. The fraction of sp³-hybridized carbons (Fsp3) is 0.500. The molecule has 0 amide bonds. The fourth-order valence-corrected chi connectivity index (χ4v) is 3.08. The van der Waals surface area contributed by atoms with Crippen molar-refractivity contribution in [1.82, 2.24) is 9.55 Å². The average molecular weight is 307 g/mol. The van der Waals surface area contributed by atoms with Crippen LogP contribution in [0.1, 0.15) is 31.5 Å². The molecule has 1 aliphatic heterocycles. The Hall–Kier alpha value is -1.39. The number of hydrogen-bond donors (Lipinski definition) is 0. The first-order valence-electron chi connectivity index (χ1n) is 7.33. The maximum atomic E-state index is 12.8. The second-order valence-electron chi connectivity index (χ2n) is 5.64. The zero-order valence-electron chi connectivity index (χ0n) is 12.3. The zero-order valence-corrected chi connectivity index (χ0v) is 13.0. The van der Waals surface area contributed by atoms with Gasteiger partial charge in [-0.1, -0.05) is 12.1 Å². The van der Waals surface area contributed by atoms with Crippen molar-refractivity contribution in [2.45, 2.75) is 38.3 Å². The predicted molar refractivity (Wildman–Crippen MR) is 83.8 cm³/mol. The number of nitrogens with zero attached hydrogens (tertiary/aromatic N) is 2. The second-order valence-corrected chi connectivity index (χ2v) is 6.30. The molecule has 0 saturated carbocycles. The fourth-order valence-electron chi connectivity index (χ4n) is 2.92. The van der Waals surface area contributed by atoms with Crippen molar-refractivity contribution < 1.29 is 4.74 Å². The van der Waals surface area contributed by atoms with Crippen molar-refractivity contribution in [2.24, 2.45) is 5.92 Å². The Morgan fingerprint density at radius 1 is 1.48 bits per heavy atom. The highest BCUT2D eigenvalue weighted by Crippen LogP contribution is 2.25. The molecule has 4 nitrogen and oxygen atoms in total. The number of halogens is 1. The van der Waals surface area contributed by atoms with Crippen molar-refractivity contribution in [2.75, 3.05) is 6.61 Å². The number of hydrogen-bond acceptors (Lipinski definition) is 3. The summed E-state index contributed by atoms with van der Waals surface area (Å²) in [5.74, 6) is 0.972. The van der Waals surface area contributed by atoms with Gasteiger partial charge in [-0.15, -0.1) is 11.6 Å². The number of aromatic nitrogens is 2. The van der Waals surface area contributed by atoms with Gasteiger partial charge in [-0.25, -0.2) is 4.98 Å². The van der Waals surface area contributed by atoms with Crippen LogP contribution in [0.5, 0.6) is 0 Å². The van der Waals surface area contributed by atoms with Crippen molar-refractivity contribution >= 4 is 22.5 Å². The number of ether oxygens (including phenoxy) is 1. The zero-order chi connectivity index (χ0) is 15.0. The molecule has 1 aromatic carbocycles. The summed E-state index contributed by atoms with van der Waals surface area (Å²) >= 11 is 6.25. The van der Waals surface area contributed by atoms with Crippen LogP contribution >= 0.6 is 11.6 Å². The Morgan fingerprint density at radius 2 is 2.24 bits per heavy atom. The molecule has 2 aromatic rings. The maximum absolute atomic E-state index is 12.8. The summed E-state index contributed by atoms with van der Waals surface area (Å²) in [5.41, 5.74) is 0.694. The SMILES string of the molecule is CC(Cl)c1nc2ccccc2c(=O)n1CC1CCOC1C. The van der Waals surface area contributed by atoms with E-state index in [-0.39, 0.29) is 17.0 Å². The van der Waals surface area contributed by atoms with Gasteiger partial charge in [0.05, 0.1) is 22.4 Å². The Morgan fingerprint density at radius 3 is 2.90 bits per heavy atom. The third-order valence-corrected chi connectivity index (χ3v) is 4.39. The largest absolute Gasteiger partial charge is 0.378 e. The molecule has 1 aromatic heterocycles. The topological polar surface area (TPSA) is 44.1 Å². The van der Waals surface area contributed by atoms with E-state index in [2.05, 4.69) is 11.9 Å². The Bertz CT molecular complexity index is 711. The highest BCUT2D eigenvalue weighted by atomic mass is 35.5. The molecule has 5 heteroatoms. The van der Waals surface area contributed by atoms with Crippen LogP contribution in [0.25, 0.3) is 10.9 Å². The lowest BCUT2D eigenvalue weighted by atomic mass is 10.0. The van der Waals surface area contributed by atoms with Gasteiger partial charge in [-0.05, 0) is 32.4 Å². The third kappa shape index (κ3) is 2.70. The van der Waals surface area contributed by atoms with E-state index in [0.29, 0.717) is 29.2 Å². The number of rotatable bonds is 3. The number of fused-ring (bicyclic) bond motifs is 1. The standard InChI is InChI=1S/C16H19ClN2O2/c1-10(17)15-18-14-6-4-3-5-13(14)16(20)19(15)9-12-7-8-21-11(12)2/h3-6,10-12H,7-9H2,1-2H3. The summed E-state index contributed by atoms with van der Waals surface area (Å²) in [6, 6.07) is 7.42. The lowest BCUT2D eigenvalue weighted by Gasteiger charge is -2.20. The normalized spacial score (nSPS) is 23.6. The summed E-state index contributed by atoms with van der Waals surface area (Å²) in [6.07, 6.45) is 1.14. The van der Waals surface area contributed by atoms with Gasteiger partial charge in [0.15, 0.2) is 0 Å². The van der Waals surface area contributed by atoms with Gasteiger partial charge in [0.1, 0.15) is 5.82 Å². The van der Waals surface area contributed by atoms with Crippen molar-refractivity contribution in [3.05, 3.63) is 40.4 Å². The van der Waals surface area contributed by atoms with E-state index in [4.69, 9.17) is 16.3 Å². The van der Waals surface area contributed by atoms with E-state index in [9.17, 15) is 4.79 Å². The van der Waals surface area contributed by atoms with Gasteiger partial charge in [0.25, 0.3) is 5.56 Å². The summed E-state index contributed by atoms with van der Waals surface area (Å²) in [5, 5.41) is 0.338. The van der Waals surface area contributed by atoms with Gasteiger partial charge in [0.2, 0.25) is 0 Å². The number of para-hydroxylation sites is 1. The molecule has 0 N–H and O–H groups in total. The van der Waals surface area contributed by atoms with Crippen LogP contribution in [0.3, 0.4) is 0 Å². The smallest absolute Gasteiger partial charge is 0.261 e. The summed E-state index contributed by atoms with van der Waals surface area (Å²) in [4.78, 5) is 17.4.